The molecule has 0 atom stereocenters. The third-order valence-electron chi connectivity index (χ3n) is 1.95. The van der Waals surface area contributed by atoms with E-state index in [1.807, 2.05) is 0 Å². The van der Waals surface area contributed by atoms with Gasteiger partial charge in [0.05, 0.1) is 0 Å². The minimum Gasteiger partial charge on any atom is -0.288 e. The molecule has 0 fully saturated rings. The van der Waals surface area contributed by atoms with Crippen molar-refractivity contribution in [3.05, 3.63) is 32.1 Å². The van der Waals surface area contributed by atoms with Gasteiger partial charge in [0.25, 0.3) is 5.56 Å². The van der Waals surface area contributed by atoms with E-state index in [0.717, 1.165) is 4.57 Å². The molecule has 0 unspecified atom stereocenters. The fourth-order valence-electron chi connectivity index (χ4n) is 1.14. The molecule has 4 heteroatoms. The molecule has 0 radical (unpaired) electrons. The summed E-state index contributed by atoms with van der Waals surface area (Å²) in [5.41, 5.74) is -0.844. The van der Waals surface area contributed by atoms with Crippen LogP contribution >= 0.6 is 0 Å². The molecule has 14 heavy (non-hydrogen) atoms. The summed E-state index contributed by atoms with van der Waals surface area (Å²) in [6, 6.07) is 0. The molecule has 0 saturated heterocycles. The van der Waals surface area contributed by atoms with Gasteiger partial charge in [-0.2, -0.15) is 0 Å². The molecule has 0 spiro atoms. The van der Waals surface area contributed by atoms with Gasteiger partial charge in [-0.15, -0.1) is 12.8 Å². The summed E-state index contributed by atoms with van der Waals surface area (Å²) in [5.74, 6) is 4.42. The minimum absolute atomic E-state index is 0.0390. The molecule has 1 aromatic heterocycles. The fraction of sp³-hybridized carbons (Fsp3) is 0.200. The Kier molecular flexibility index (Phi) is 2.31. The lowest BCUT2D eigenvalue weighted by molar-refractivity contribution is 0.676. The highest BCUT2D eigenvalue weighted by molar-refractivity contribution is 5.43. The lowest BCUT2D eigenvalue weighted by Crippen LogP contribution is -2.39. The summed E-state index contributed by atoms with van der Waals surface area (Å²) in [6.07, 6.45) is 10.3. The molecule has 0 aliphatic carbocycles. The first-order chi connectivity index (χ1) is 6.54. The highest BCUT2D eigenvalue weighted by Crippen LogP contribution is 1.95. The van der Waals surface area contributed by atoms with Crippen LogP contribution in [0.15, 0.2) is 9.59 Å². The Morgan fingerprint density at radius 1 is 1.07 bits per heavy atom. The summed E-state index contributed by atoms with van der Waals surface area (Å²) < 4.78 is 2.10. The third-order valence-corrected chi connectivity index (χ3v) is 1.95. The van der Waals surface area contributed by atoms with Gasteiger partial charge in [-0.05, 0) is 0 Å². The quantitative estimate of drug-likeness (QED) is 0.492. The molecular formula is C10H8N2O2. The Balaban J connectivity index is 4.00. The van der Waals surface area contributed by atoms with E-state index in [2.05, 4.69) is 11.8 Å². The van der Waals surface area contributed by atoms with Gasteiger partial charge >= 0.3 is 5.69 Å². The molecule has 0 saturated carbocycles. The molecule has 0 aromatic carbocycles. The van der Waals surface area contributed by atoms with Crippen molar-refractivity contribution in [1.29, 1.82) is 0 Å². The van der Waals surface area contributed by atoms with Gasteiger partial charge < -0.3 is 0 Å². The molecule has 0 N–H and O–H groups in total. The molecule has 0 aliphatic rings. The van der Waals surface area contributed by atoms with Crippen molar-refractivity contribution < 1.29 is 0 Å². The second-order valence-corrected chi connectivity index (χ2v) is 2.72. The van der Waals surface area contributed by atoms with Crippen molar-refractivity contribution >= 4 is 0 Å². The number of nitrogens with zero attached hydrogens (tertiary/aromatic N) is 2. The number of hydrogen-bond donors (Lipinski definition) is 0. The molecule has 70 valence electrons. The van der Waals surface area contributed by atoms with Crippen molar-refractivity contribution in [3.63, 3.8) is 0 Å². The van der Waals surface area contributed by atoms with E-state index in [0.29, 0.717) is 0 Å². The second kappa shape index (κ2) is 3.27. The normalized spacial score (nSPS) is 9.14. The maximum atomic E-state index is 11.5. The minimum atomic E-state index is -0.538. The zero-order chi connectivity index (χ0) is 10.9. The maximum Gasteiger partial charge on any atom is 0.331 e. The number of terminal acetylenes is 2. The predicted molar refractivity (Wildman–Crippen MR) is 52.8 cm³/mol. The van der Waals surface area contributed by atoms with Crippen molar-refractivity contribution in [2.45, 2.75) is 0 Å². The lowest BCUT2D eigenvalue weighted by Gasteiger charge is -2.06. The van der Waals surface area contributed by atoms with E-state index in [4.69, 9.17) is 12.8 Å². The summed E-state index contributed by atoms with van der Waals surface area (Å²) in [6.45, 7) is 0. The highest BCUT2D eigenvalue weighted by Gasteiger charge is 2.11. The maximum absolute atomic E-state index is 11.5. The lowest BCUT2D eigenvalue weighted by atomic mass is 10.2. The fourth-order valence-corrected chi connectivity index (χ4v) is 1.14. The van der Waals surface area contributed by atoms with Gasteiger partial charge in [0.2, 0.25) is 0 Å². The molecule has 1 heterocycles. The predicted octanol–water partition coefficient (Wildman–Crippen LogP) is -0.953. The van der Waals surface area contributed by atoms with Crippen molar-refractivity contribution in [2.75, 3.05) is 0 Å². The van der Waals surface area contributed by atoms with Gasteiger partial charge in [0.1, 0.15) is 11.3 Å². The number of hydrogen-bond acceptors (Lipinski definition) is 2. The summed E-state index contributed by atoms with van der Waals surface area (Å²) >= 11 is 0. The Hall–Kier alpha value is -2.20. The van der Waals surface area contributed by atoms with Crippen LogP contribution in [0.5, 0.6) is 0 Å². The van der Waals surface area contributed by atoms with Gasteiger partial charge in [-0.1, -0.05) is 11.8 Å². The van der Waals surface area contributed by atoms with Crippen molar-refractivity contribution in [1.82, 2.24) is 9.13 Å². The highest BCUT2D eigenvalue weighted by atomic mass is 16.2. The topological polar surface area (TPSA) is 44.0 Å². The van der Waals surface area contributed by atoms with E-state index < -0.39 is 11.2 Å². The Morgan fingerprint density at radius 2 is 1.64 bits per heavy atom. The molecule has 4 nitrogen and oxygen atoms in total. The van der Waals surface area contributed by atoms with Crippen LogP contribution in [0.1, 0.15) is 11.3 Å². The van der Waals surface area contributed by atoms with E-state index in [1.54, 1.807) is 0 Å². The molecule has 1 rings (SSSR count). The standard InChI is InChI=1S/C10H8N2O2/c1-5-7-8(6-2)11(3)10(14)12(4)9(7)13/h1-2H,3-4H3. The van der Waals surface area contributed by atoms with Crippen molar-refractivity contribution in [3.8, 4) is 24.7 Å². The van der Waals surface area contributed by atoms with Gasteiger partial charge in [0, 0.05) is 14.1 Å². The van der Waals surface area contributed by atoms with Crippen LogP contribution in [0.4, 0.5) is 0 Å². The SMILES string of the molecule is C#Cc1c(C#C)n(C)c(=O)n(C)c1=O. The molecule has 0 amide bonds. The van der Waals surface area contributed by atoms with Crippen LogP contribution in [0.3, 0.4) is 0 Å². The summed E-state index contributed by atoms with van der Waals surface area (Å²) in [7, 11) is 2.82. The first-order valence-electron chi connectivity index (χ1n) is 3.77. The van der Waals surface area contributed by atoms with E-state index in [1.165, 1.54) is 18.7 Å². The van der Waals surface area contributed by atoms with E-state index >= 15 is 0 Å². The van der Waals surface area contributed by atoms with Gasteiger partial charge in [-0.3, -0.25) is 13.9 Å². The Labute approximate surface area is 80.8 Å². The van der Waals surface area contributed by atoms with Crippen LogP contribution < -0.4 is 11.2 Å². The van der Waals surface area contributed by atoms with E-state index in [-0.39, 0.29) is 11.3 Å². The van der Waals surface area contributed by atoms with Crippen LogP contribution in [-0.4, -0.2) is 9.13 Å². The molecule has 0 aliphatic heterocycles. The first kappa shape index (κ1) is 9.88. The number of aromatic nitrogens is 2. The number of rotatable bonds is 0. The third kappa shape index (κ3) is 1.14. The van der Waals surface area contributed by atoms with Crippen LogP contribution in [0.2, 0.25) is 0 Å². The Morgan fingerprint density at radius 3 is 2.07 bits per heavy atom. The zero-order valence-electron chi connectivity index (χ0n) is 7.87. The first-order valence-corrected chi connectivity index (χ1v) is 3.77. The largest absolute Gasteiger partial charge is 0.331 e. The molecular weight excluding hydrogens is 180 g/mol. The van der Waals surface area contributed by atoms with Gasteiger partial charge in [0.15, 0.2) is 0 Å². The monoisotopic (exact) mass is 188 g/mol. The molecule has 1 aromatic rings. The van der Waals surface area contributed by atoms with Gasteiger partial charge in [-0.25, -0.2) is 4.79 Å². The smallest absolute Gasteiger partial charge is 0.288 e. The Bertz CT molecular complexity index is 576. The molecule has 0 bridgehead atoms. The second-order valence-electron chi connectivity index (χ2n) is 2.72. The average molecular weight is 188 g/mol. The van der Waals surface area contributed by atoms with E-state index in [9.17, 15) is 9.59 Å². The van der Waals surface area contributed by atoms with Crippen LogP contribution in [-0.2, 0) is 14.1 Å². The average Bonchev–Trinajstić information content (AvgIpc) is 2.20. The zero-order valence-corrected chi connectivity index (χ0v) is 7.87. The summed E-state index contributed by atoms with van der Waals surface area (Å²) in [5, 5.41) is 0. The van der Waals surface area contributed by atoms with Crippen LogP contribution in [0.25, 0.3) is 0 Å². The van der Waals surface area contributed by atoms with Crippen molar-refractivity contribution in [2.24, 2.45) is 14.1 Å². The summed E-state index contributed by atoms with van der Waals surface area (Å²) in [4.78, 5) is 22.9. The van der Waals surface area contributed by atoms with Crippen LogP contribution in [0, 0.1) is 24.7 Å².